The Morgan fingerprint density at radius 1 is 1.82 bits per heavy atom. The first kappa shape index (κ1) is 9.20. The Kier molecular flexibility index (Phi) is 2.14. The van der Waals surface area contributed by atoms with Gasteiger partial charge in [-0.3, -0.25) is 4.57 Å². The van der Waals surface area contributed by atoms with Gasteiger partial charge in [-0.1, -0.05) is 6.92 Å². The van der Waals surface area contributed by atoms with E-state index in [2.05, 4.69) is 4.52 Å². The summed E-state index contributed by atoms with van der Waals surface area (Å²) >= 11 is 0. The molecule has 0 aliphatic carbocycles. The van der Waals surface area contributed by atoms with E-state index in [-0.39, 0.29) is 12.5 Å². The molecule has 66 valence electrons. The molecule has 0 aromatic heterocycles. The summed E-state index contributed by atoms with van der Waals surface area (Å²) in [6, 6.07) is 0. The zero-order chi connectivity index (χ0) is 8.70. The van der Waals surface area contributed by atoms with E-state index in [1.54, 1.807) is 6.92 Å². The van der Waals surface area contributed by atoms with E-state index in [1.807, 2.05) is 0 Å². The van der Waals surface area contributed by atoms with Crippen LogP contribution in [0.25, 0.3) is 0 Å². The Hall–Kier alpha value is 0.110. The lowest BCUT2D eigenvalue weighted by Gasteiger charge is -2.24. The van der Waals surface area contributed by atoms with Crippen molar-refractivity contribution < 1.29 is 18.7 Å². The van der Waals surface area contributed by atoms with Gasteiger partial charge in [0.1, 0.15) is 0 Å². The summed E-state index contributed by atoms with van der Waals surface area (Å²) in [7, 11) is -1.97. The predicted octanol–water partition coefficient (Wildman–Crippen LogP) is 1.20. The van der Waals surface area contributed by atoms with Gasteiger partial charge in [0.05, 0.1) is 6.61 Å². The number of rotatable bonds is 1. The minimum absolute atomic E-state index is 0.145. The fraction of sp³-hybridized carbons (Fsp3) is 1.00. The first-order chi connectivity index (χ1) is 4.94. The summed E-state index contributed by atoms with van der Waals surface area (Å²) in [6.45, 7) is 3.55. The maximum atomic E-state index is 11.6. The lowest BCUT2D eigenvalue weighted by molar-refractivity contribution is 0.0884. The molecule has 5 heteroatoms. The van der Waals surface area contributed by atoms with Crippen LogP contribution in [0, 0.1) is 5.92 Å². The SMILES string of the molecule is COP1(=O)OCC(C)C1(C)O. The second-order valence-corrected chi connectivity index (χ2v) is 5.49. The quantitative estimate of drug-likeness (QED) is 0.616. The fourth-order valence-electron chi connectivity index (χ4n) is 1.01. The van der Waals surface area contributed by atoms with Crippen molar-refractivity contribution in [2.45, 2.75) is 19.2 Å². The maximum Gasteiger partial charge on any atom is 0.361 e. The van der Waals surface area contributed by atoms with E-state index in [4.69, 9.17) is 4.52 Å². The second kappa shape index (κ2) is 2.56. The molecule has 1 saturated heterocycles. The van der Waals surface area contributed by atoms with Crippen molar-refractivity contribution >= 4 is 7.60 Å². The number of hydrogen-bond acceptors (Lipinski definition) is 4. The molecular formula is C6H13O4P. The molecule has 1 fully saturated rings. The van der Waals surface area contributed by atoms with Gasteiger partial charge in [0, 0.05) is 13.0 Å². The van der Waals surface area contributed by atoms with Gasteiger partial charge in [-0.2, -0.15) is 0 Å². The van der Waals surface area contributed by atoms with Crippen LogP contribution in [0.2, 0.25) is 0 Å². The average Bonchev–Trinajstić information content (AvgIpc) is 2.15. The van der Waals surface area contributed by atoms with E-state index in [1.165, 1.54) is 14.0 Å². The molecule has 0 bridgehead atoms. The smallest absolute Gasteiger partial charge is 0.361 e. The second-order valence-electron chi connectivity index (χ2n) is 2.97. The molecule has 1 aliphatic heterocycles. The molecular weight excluding hydrogens is 167 g/mol. The van der Waals surface area contributed by atoms with Gasteiger partial charge < -0.3 is 14.2 Å². The van der Waals surface area contributed by atoms with Gasteiger partial charge in [-0.25, -0.2) is 0 Å². The first-order valence-electron chi connectivity index (χ1n) is 3.47. The molecule has 0 aromatic carbocycles. The van der Waals surface area contributed by atoms with E-state index < -0.39 is 12.9 Å². The average molecular weight is 180 g/mol. The van der Waals surface area contributed by atoms with Crippen LogP contribution in [-0.4, -0.2) is 24.2 Å². The molecule has 4 nitrogen and oxygen atoms in total. The van der Waals surface area contributed by atoms with Crippen molar-refractivity contribution in [3.63, 3.8) is 0 Å². The Balaban J connectivity index is 2.95. The van der Waals surface area contributed by atoms with Crippen molar-refractivity contribution in [3.05, 3.63) is 0 Å². The van der Waals surface area contributed by atoms with Crippen LogP contribution in [0.3, 0.4) is 0 Å². The molecule has 0 amide bonds. The van der Waals surface area contributed by atoms with E-state index in [0.717, 1.165) is 0 Å². The highest BCUT2D eigenvalue weighted by molar-refractivity contribution is 7.55. The molecule has 0 radical (unpaired) electrons. The van der Waals surface area contributed by atoms with Crippen molar-refractivity contribution in [3.8, 4) is 0 Å². The van der Waals surface area contributed by atoms with Crippen LogP contribution in [0.15, 0.2) is 0 Å². The standard InChI is InChI=1S/C6H13O4P/c1-5-4-10-11(8,9-3)6(5,2)7/h5,7H,4H2,1-3H3. The minimum atomic E-state index is -3.25. The molecule has 0 spiro atoms. The molecule has 1 heterocycles. The Labute approximate surface area is 66.0 Å². The Morgan fingerprint density at radius 3 is 2.55 bits per heavy atom. The highest BCUT2D eigenvalue weighted by Crippen LogP contribution is 2.65. The van der Waals surface area contributed by atoms with Gasteiger partial charge in [-0.05, 0) is 6.92 Å². The third-order valence-corrected chi connectivity index (χ3v) is 4.74. The molecule has 1 aliphatic rings. The van der Waals surface area contributed by atoms with Crippen molar-refractivity contribution in [1.29, 1.82) is 0 Å². The van der Waals surface area contributed by atoms with Crippen molar-refractivity contribution in [2.24, 2.45) is 5.92 Å². The Bertz CT molecular complexity index is 201. The molecule has 11 heavy (non-hydrogen) atoms. The van der Waals surface area contributed by atoms with E-state index >= 15 is 0 Å². The lowest BCUT2D eigenvalue weighted by Crippen LogP contribution is -2.28. The van der Waals surface area contributed by atoms with E-state index in [9.17, 15) is 9.67 Å². The van der Waals surface area contributed by atoms with Gasteiger partial charge in [0.25, 0.3) is 0 Å². The third-order valence-electron chi connectivity index (χ3n) is 2.22. The molecule has 1 N–H and O–H groups in total. The fourth-order valence-corrected chi connectivity index (χ4v) is 2.78. The van der Waals surface area contributed by atoms with Crippen LogP contribution in [-0.2, 0) is 13.6 Å². The minimum Gasteiger partial charge on any atom is -0.377 e. The molecule has 0 saturated carbocycles. The van der Waals surface area contributed by atoms with Crippen LogP contribution < -0.4 is 0 Å². The highest BCUT2D eigenvalue weighted by Gasteiger charge is 2.54. The van der Waals surface area contributed by atoms with Crippen LogP contribution in [0.5, 0.6) is 0 Å². The lowest BCUT2D eigenvalue weighted by atomic mass is 10.1. The van der Waals surface area contributed by atoms with E-state index in [0.29, 0.717) is 0 Å². The zero-order valence-electron chi connectivity index (χ0n) is 6.90. The molecule has 3 unspecified atom stereocenters. The highest BCUT2D eigenvalue weighted by atomic mass is 31.2. The normalized spacial score (nSPS) is 51.5. The Morgan fingerprint density at radius 2 is 2.36 bits per heavy atom. The van der Waals surface area contributed by atoms with Gasteiger partial charge in [-0.15, -0.1) is 0 Å². The number of aliphatic hydroxyl groups is 1. The summed E-state index contributed by atoms with van der Waals surface area (Å²) in [5.41, 5.74) is 0. The molecule has 1 rings (SSSR count). The number of hydrogen-bond donors (Lipinski definition) is 1. The van der Waals surface area contributed by atoms with Crippen molar-refractivity contribution in [1.82, 2.24) is 0 Å². The topological polar surface area (TPSA) is 55.8 Å². The first-order valence-corrected chi connectivity index (χ1v) is 5.01. The summed E-state index contributed by atoms with van der Waals surface area (Å²) in [5.74, 6) is -0.145. The van der Waals surface area contributed by atoms with Gasteiger partial charge in [0.15, 0.2) is 5.34 Å². The third kappa shape index (κ3) is 1.14. The predicted molar refractivity (Wildman–Crippen MR) is 40.4 cm³/mol. The van der Waals surface area contributed by atoms with Crippen LogP contribution in [0.4, 0.5) is 0 Å². The van der Waals surface area contributed by atoms with Crippen LogP contribution in [0.1, 0.15) is 13.8 Å². The summed E-state index contributed by atoms with van der Waals surface area (Å²) in [4.78, 5) is 0. The van der Waals surface area contributed by atoms with Crippen LogP contribution >= 0.6 is 7.60 Å². The zero-order valence-corrected chi connectivity index (χ0v) is 7.80. The summed E-state index contributed by atoms with van der Waals surface area (Å²) < 4.78 is 21.1. The monoisotopic (exact) mass is 180 g/mol. The maximum absolute atomic E-state index is 11.6. The van der Waals surface area contributed by atoms with Gasteiger partial charge in [0.2, 0.25) is 0 Å². The van der Waals surface area contributed by atoms with Gasteiger partial charge >= 0.3 is 7.60 Å². The molecule has 3 atom stereocenters. The largest absolute Gasteiger partial charge is 0.377 e. The summed E-state index contributed by atoms with van der Waals surface area (Å²) in [5, 5.41) is 8.34. The summed E-state index contributed by atoms with van der Waals surface area (Å²) in [6.07, 6.45) is 0. The van der Waals surface area contributed by atoms with Crippen molar-refractivity contribution in [2.75, 3.05) is 13.7 Å². The molecule has 0 aromatic rings.